The topological polar surface area (TPSA) is 92.7 Å². The normalized spacial score (nSPS) is 12.6. The molecule has 0 saturated carbocycles. The van der Waals surface area contributed by atoms with E-state index in [1.807, 2.05) is 24.3 Å². The van der Waals surface area contributed by atoms with Crippen LogP contribution in [0.5, 0.6) is 5.75 Å². The first-order valence-electron chi connectivity index (χ1n) is 8.32. The molecule has 0 spiro atoms. The summed E-state index contributed by atoms with van der Waals surface area (Å²) in [7, 11) is -3.74. The van der Waals surface area contributed by atoms with Gasteiger partial charge in [-0.15, -0.1) is 0 Å². The third-order valence-electron chi connectivity index (χ3n) is 3.96. The van der Waals surface area contributed by atoms with Crippen LogP contribution in [-0.4, -0.2) is 32.1 Å². The Kier molecular flexibility index (Phi) is 5.43. The molecule has 2 N–H and O–H groups in total. The van der Waals surface area contributed by atoms with E-state index in [1.165, 1.54) is 24.3 Å². The van der Waals surface area contributed by atoms with Crippen molar-refractivity contribution in [3.8, 4) is 5.75 Å². The second kappa shape index (κ2) is 7.77. The quantitative estimate of drug-likeness (QED) is 0.636. The van der Waals surface area contributed by atoms with Crippen molar-refractivity contribution < 1.29 is 23.1 Å². The fourth-order valence-electron chi connectivity index (χ4n) is 2.58. The van der Waals surface area contributed by atoms with Crippen LogP contribution in [0.2, 0.25) is 0 Å². The van der Waals surface area contributed by atoms with Crippen molar-refractivity contribution in [1.82, 2.24) is 4.72 Å². The molecule has 3 aromatic rings. The van der Waals surface area contributed by atoms with Crippen molar-refractivity contribution in [3.05, 3.63) is 72.3 Å². The monoisotopic (exact) mass is 385 g/mol. The fourth-order valence-corrected chi connectivity index (χ4v) is 3.85. The highest BCUT2D eigenvalue weighted by Gasteiger charge is 2.19. The Bertz CT molecular complexity index is 1060. The van der Waals surface area contributed by atoms with Crippen molar-refractivity contribution in [1.29, 1.82) is 0 Å². The van der Waals surface area contributed by atoms with Crippen LogP contribution in [0.1, 0.15) is 17.3 Å². The molecule has 3 rings (SSSR count). The maximum absolute atomic E-state index is 12.6. The van der Waals surface area contributed by atoms with E-state index in [9.17, 15) is 18.3 Å². The number of fused-ring (bicyclic) bond motifs is 1. The van der Waals surface area contributed by atoms with Gasteiger partial charge < -0.3 is 9.84 Å². The highest BCUT2D eigenvalue weighted by Crippen LogP contribution is 2.19. The molecule has 7 heteroatoms. The second-order valence-electron chi connectivity index (χ2n) is 6.18. The third-order valence-corrected chi connectivity index (χ3v) is 5.54. The molecule has 1 unspecified atom stereocenters. The standard InChI is InChI=1S/C20H19NO5S/c1-14(13-26-20(23)16-6-9-18(22)10-7-16)21-27(24,25)19-11-8-15-4-2-3-5-17(15)12-19/h2-12,14,21-22H,13H2,1H3. The Balaban J connectivity index is 1.64. The van der Waals surface area contributed by atoms with Gasteiger partial charge in [0.25, 0.3) is 0 Å². The van der Waals surface area contributed by atoms with Crippen molar-refractivity contribution in [2.75, 3.05) is 6.61 Å². The zero-order valence-electron chi connectivity index (χ0n) is 14.6. The average Bonchev–Trinajstić information content (AvgIpc) is 2.66. The van der Waals surface area contributed by atoms with E-state index in [0.717, 1.165) is 10.8 Å². The Labute approximate surface area is 157 Å². The van der Waals surface area contributed by atoms with Crippen LogP contribution in [0.25, 0.3) is 10.8 Å². The number of hydrogen-bond donors (Lipinski definition) is 2. The summed E-state index contributed by atoms with van der Waals surface area (Å²) in [6, 6.07) is 17.4. The molecule has 1 atom stereocenters. The minimum absolute atomic E-state index is 0.0445. The largest absolute Gasteiger partial charge is 0.508 e. The number of hydrogen-bond acceptors (Lipinski definition) is 5. The Morgan fingerprint density at radius 1 is 1.04 bits per heavy atom. The summed E-state index contributed by atoms with van der Waals surface area (Å²) in [6.07, 6.45) is 0. The summed E-state index contributed by atoms with van der Waals surface area (Å²) in [5.41, 5.74) is 0.275. The minimum Gasteiger partial charge on any atom is -0.508 e. The number of sulfonamides is 1. The summed E-state index contributed by atoms with van der Waals surface area (Å²) >= 11 is 0. The minimum atomic E-state index is -3.74. The molecule has 0 aliphatic heterocycles. The van der Waals surface area contributed by atoms with Crippen molar-refractivity contribution in [2.24, 2.45) is 0 Å². The molecule has 0 bridgehead atoms. The molecule has 0 amide bonds. The number of esters is 1. The van der Waals surface area contributed by atoms with E-state index >= 15 is 0 Å². The van der Waals surface area contributed by atoms with Crippen LogP contribution in [0.15, 0.2) is 71.6 Å². The Morgan fingerprint density at radius 2 is 1.70 bits per heavy atom. The molecule has 0 saturated heterocycles. The van der Waals surface area contributed by atoms with Gasteiger partial charge in [0.2, 0.25) is 10.0 Å². The van der Waals surface area contributed by atoms with Crippen LogP contribution in [0, 0.1) is 0 Å². The van der Waals surface area contributed by atoms with Gasteiger partial charge in [-0.05, 0) is 54.1 Å². The van der Waals surface area contributed by atoms with Crippen LogP contribution in [-0.2, 0) is 14.8 Å². The Hall–Kier alpha value is -2.90. The number of carbonyl (C=O) groups excluding carboxylic acids is 1. The van der Waals surface area contributed by atoms with Gasteiger partial charge in [-0.3, -0.25) is 0 Å². The number of ether oxygens (including phenoxy) is 1. The lowest BCUT2D eigenvalue weighted by molar-refractivity contribution is 0.0481. The first-order chi connectivity index (χ1) is 12.8. The first-order valence-corrected chi connectivity index (χ1v) is 9.81. The lowest BCUT2D eigenvalue weighted by Gasteiger charge is -2.15. The van der Waals surface area contributed by atoms with E-state index in [2.05, 4.69) is 4.72 Å². The summed E-state index contributed by atoms with van der Waals surface area (Å²) in [6.45, 7) is 1.50. The molecule has 0 heterocycles. The van der Waals surface area contributed by atoms with Crippen LogP contribution >= 0.6 is 0 Å². The van der Waals surface area contributed by atoms with E-state index < -0.39 is 22.0 Å². The molecular formula is C20H19NO5S. The van der Waals surface area contributed by atoms with Crippen molar-refractivity contribution in [2.45, 2.75) is 17.9 Å². The number of nitrogens with one attached hydrogen (secondary N) is 1. The zero-order valence-corrected chi connectivity index (χ0v) is 15.4. The Morgan fingerprint density at radius 3 is 2.41 bits per heavy atom. The van der Waals surface area contributed by atoms with Crippen LogP contribution in [0.3, 0.4) is 0 Å². The number of phenols is 1. The third kappa shape index (κ3) is 4.64. The number of aromatic hydroxyl groups is 1. The van der Waals surface area contributed by atoms with E-state index in [1.54, 1.807) is 25.1 Å². The second-order valence-corrected chi connectivity index (χ2v) is 7.89. The smallest absolute Gasteiger partial charge is 0.338 e. The summed E-state index contributed by atoms with van der Waals surface area (Å²) < 4.78 is 32.8. The number of phenolic OH excluding ortho intramolecular Hbond substituents is 1. The number of benzene rings is 3. The van der Waals surface area contributed by atoms with Gasteiger partial charge in [0.1, 0.15) is 12.4 Å². The van der Waals surface area contributed by atoms with Crippen molar-refractivity contribution in [3.63, 3.8) is 0 Å². The summed E-state index contributed by atoms with van der Waals surface area (Å²) in [4.78, 5) is 12.1. The summed E-state index contributed by atoms with van der Waals surface area (Å²) in [5, 5.41) is 11.0. The van der Waals surface area contributed by atoms with Gasteiger partial charge in [-0.2, -0.15) is 0 Å². The molecule has 0 fully saturated rings. The van der Waals surface area contributed by atoms with E-state index in [-0.39, 0.29) is 22.8 Å². The maximum atomic E-state index is 12.6. The SMILES string of the molecule is CC(COC(=O)c1ccc(O)cc1)NS(=O)(=O)c1ccc2ccccc2c1. The highest BCUT2D eigenvalue weighted by molar-refractivity contribution is 7.89. The molecular weight excluding hydrogens is 366 g/mol. The summed E-state index contributed by atoms with van der Waals surface area (Å²) in [5.74, 6) is -0.546. The van der Waals surface area contributed by atoms with Gasteiger partial charge in [-0.1, -0.05) is 30.3 Å². The molecule has 27 heavy (non-hydrogen) atoms. The average molecular weight is 385 g/mol. The van der Waals surface area contributed by atoms with Crippen LogP contribution in [0.4, 0.5) is 0 Å². The fraction of sp³-hybridized carbons (Fsp3) is 0.150. The molecule has 0 aliphatic carbocycles. The van der Waals surface area contributed by atoms with Gasteiger partial charge in [0, 0.05) is 0 Å². The number of carbonyl (C=O) groups is 1. The van der Waals surface area contributed by atoms with Gasteiger partial charge in [-0.25, -0.2) is 17.9 Å². The predicted molar refractivity (Wildman–Crippen MR) is 102 cm³/mol. The molecule has 6 nitrogen and oxygen atoms in total. The molecule has 0 radical (unpaired) electrons. The van der Waals surface area contributed by atoms with E-state index in [4.69, 9.17) is 4.74 Å². The lowest BCUT2D eigenvalue weighted by Crippen LogP contribution is -2.36. The predicted octanol–water partition coefficient (Wildman–Crippen LogP) is 3.07. The number of rotatable bonds is 6. The van der Waals surface area contributed by atoms with Crippen LogP contribution < -0.4 is 4.72 Å². The van der Waals surface area contributed by atoms with E-state index in [0.29, 0.717) is 0 Å². The lowest BCUT2D eigenvalue weighted by atomic mass is 10.1. The molecule has 140 valence electrons. The van der Waals surface area contributed by atoms with Crippen molar-refractivity contribution >= 4 is 26.8 Å². The molecule has 3 aromatic carbocycles. The highest BCUT2D eigenvalue weighted by atomic mass is 32.2. The van der Waals surface area contributed by atoms with Gasteiger partial charge in [0.15, 0.2) is 0 Å². The van der Waals surface area contributed by atoms with Gasteiger partial charge in [0.05, 0.1) is 16.5 Å². The maximum Gasteiger partial charge on any atom is 0.338 e. The molecule has 0 aliphatic rings. The zero-order chi connectivity index (χ0) is 19.4. The first kappa shape index (κ1) is 18.9. The molecule has 0 aromatic heterocycles. The van der Waals surface area contributed by atoms with Gasteiger partial charge >= 0.3 is 5.97 Å².